The Morgan fingerprint density at radius 2 is 1.89 bits per heavy atom. The first-order valence-corrected chi connectivity index (χ1v) is 9.45. The van der Waals surface area contributed by atoms with Crippen LogP contribution in [-0.2, 0) is 4.79 Å². The van der Waals surface area contributed by atoms with E-state index < -0.39 is 0 Å². The maximum absolute atomic E-state index is 12.4. The first-order valence-electron chi connectivity index (χ1n) is 8.66. The van der Waals surface area contributed by atoms with Crippen LogP contribution in [0.25, 0.3) is 11.2 Å². The predicted octanol–water partition coefficient (Wildman–Crippen LogP) is 1.98. The molecule has 3 heterocycles. The highest BCUT2D eigenvalue weighted by Gasteiger charge is 2.24. The van der Waals surface area contributed by atoms with Crippen LogP contribution in [0.3, 0.4) is 0 Å². The zero-order valence-electron chi connectivity index (χ0n) is 14.8. The number of benzene rings is 1. The molecule has 3 aromatic rings. The smallest absolute Gasteiger partial charge is 0.260 e. The van der Waals surface area contributed by atoms with Crippen molar-refractivity contribution < 1.29 is 9.53 Å². The largest absolute Gasteiger partial charge is 0.484 e. The maximum atomic E-state index is 12.4. The van der Waals surface area contributed by atoms with E-state index >= 15 is 0 Å². The zero-order valence-corrected chi connectivity index (χ0v) is 16.4. The lowest BCUT2D eigenvalue weighted by atomic mass is 10.3. The molecule has 0 atom stereocenters. The number of nitrogens with two attached hydrogens (primary N) is 1. The minimum atomic E-state index is -0.0667. The summed E-state index contributed by atoms with van der Waals surface area (Å²) in [6.07, 6.45) is 0. The number of amides is 1. The molecular weight excluding hydrogens is 402 g/mol. The van der Waals surface area contributed by atoms with E-state index in [-0.39, 0.29) is 18.5 Å². The highest BCUT2D eigenvalue weighted by molar-refractivity contribution is 7.71. The van der Waals surface area contributed by atoms with E-state index in [9.17, 15) is 4.79 Å². The van der Waals surface area contributed by atoms with Gasteiger partial charge in [0.05, 0.1) is 0 Å². The average molecular weight is 420 g/mol. The second-order valence-corrected chi connectivity index (χ2v) is 7.16. The van der Waals surface area contributed by atoms with E-state index in [1.165, 1.54) is 0 Å². The Morgan fingerprint density at radius 1 is 1.18 bits per heavy atom. The fourth-order valence-electron chi connectivity index (χ4n) is 3.09. The number of nitrogens with zero attached hydrogens (tertiary/aromatic N) is 4. The lowest BCUT2D eigenvalue weighted by Crippen LogP contribution is -2.50. The summed E-state index contributed by atoms with van der Waals surface area (Å²) in [7, 11) is 0. The Balaban J connectivity index is 1.38. The van der Waals surface area contributed by atoms with E-state index in [2.05, 4.69) is 24.8 Å². The summed E-state index contributed by atoms with van der Waals surface area (Å²) in [5.74, 6) is 1.39. The summed E-state index contributed by atoms with van der Waals surface area (Å²) < 4.78 is 6.00. The second kappa shape index (κ2) is 7.64. The molecule has 0 unspecified atom stereocenters. The maximum Gasteiger partial charge on any atom is 0.260 e. The number of aromatic nitrogens is 4. The van der Waals surface area contributed by atoms with Crippen LogP contribution < -0.4 is 15.4 Å². The number of ether oxygens (including phenoxy) is 1. The van der Waals surface area contributed by atoms with Crippen molar-refractivity contribution in [3.8, 4) is 5.75 Å². The Morgan fingerprint density at radius 3 is 2.61 bits per heavy atom. The molecule has 1 aromatic carbocycles. The number of hydrogen-bond donors (Lipinski definition) is 3. The van der Waals surface area contributed by atoms with Crippen molar-refractivity contribution in [2.45, 2.75) is 0 Å². The van der Waals surface area contributed by atoms with Gasteiger partial charge in [-0.1, -0.05) is 11.6 Å². The number of carbonyl (C=O) groups excluding carboxylic acids is 1. The number of hydrogen-bond acceptors (Lipinski definition) is 7. The van der Waals surface area contributed by atoms with Crippen LogP contribution in [0.2, 0.25) is 5.02 Å². The monoisotopic (exact) mass is 419 g/mol. The van der Waals surface area contributed by atoms with Crippen molar-refractivity contribution in [2.24, 2.45) is 0 Å². The summed E-state index contributed by atoms with van der Waals surface area (Å²) in [6, 6.07) is 6.92. The molecule has 0 saturated carbocycles. The van der Waals surface area contributed by atoms with E-state index in [0.29, 0.717) is 58.7 Å². The van der Waals surface area contributed by atoms with Crippen LogP contribution in [0.5, 0.6) is 5.75 Å². The summed E-state index contributed by atoms with van der Waals surface area (Å²) in [4.78, 5) is 30.8. The Kier molecular flexibility index (Phi) is 5.05. The van der Waals surface area contributed by atoms with Gasteiger partial charge in [0.2, 0.25) is 5.95 Å². The van der Waals surface area contributed by atoms with Crippen LogP contribution in [0, 0.1) is 4.77 Å². The van der Waals surface area contributed by atoms with Gasteiger partial charge in [0, 0.05) is 31.2 Å². The van der Waals surface area contributed by atoms with Crippen LogP contribution in [0.15, 0.2) is 24.3 Å². The molecule has 1 fully saturated rings. The van der Waals surface area contributed by atoms with Crippen LogP contribution in [-0.4, -0.2) is 63.5 Å². The van der Waals surface area contributed by atoms with E-state index in [0.717, 1.165) is 0 Å². The summed E-state index contributed by atoms with van der Waals surface area (Å²) in [5, 5.41) is 0.622. The molecule has 1 aliphatic heterocycles. The normalized spacial score (nSPS) is 14.5. The molecule has 0 spiro atoms. The molecule has 0 aliphatic carbocycles. The molecule has 11 heteroatoms. The Bertz CT molecular complexity index is 1060. The number of H-pyrrole nitrogens is 2. The first kappa shape index (κ1) is 18.5. The number of fused-ring (bicyclic) bond motifs is 1. The molecular formula is C17H18ClN7O2S. The number of nitrogen functional groups attached to an aromatic ring is 1. The van der Waals surface area contributed by atoms with Gasteiger partial charge in [-0.15, -0.1) is 0 Å². The number of halogens is 1. The van der Waals surface area contributed by atoms with Crippen LogP contribution in [0.1, 0.15) is 0 Å². The molecule has 1 amide bonds. The third-order valence-corrected chi connectivity index (χ3v) is 4.94. The van der Waals surface area contributed by atoms with Crippen molar-refractivity contribution in [3.63, 3.8) is 0 Å². The average Bonchev–Trinajstić information content (AvgIpc) is 3.06. The van der Waals surface area contributed by atoms with Crippen molar-refractivity contribution in [1.29, 1.82) is 0 Å². The van der Waals surface area contributed by atoms with Crippen molar-refractivity contribution in [1.82, 2.24) is 24.8 Å². The summed E-state index contributed by atoms with van der Waals surface area (Å²) in [5.41, 5.74) is 7.10. The zero-order chi connectivity index (χ0) is 19.7. The quantitative estimate of drug-likeness (QED) is 0.553. The standard InChI is InChI=1S/C17H18ClN7O2S/c18-10-1-3-11(4-2-10)27-9-12(26)24-5-7-25(8-6-24)15-13-14(21-16(19)23-15)22-17(28)20-13/h1-4H,5-9H2,(H4,19,20,21,22,23,28). The second-order valence-electron chi connectivity index (χ2n) is 6.32. The highest BCUT2D eigenvalue weighted by Crippen LogP contribution is 2.23. The van der Waals surface area contributed by atoms with Gasteiger partial charge in [-0.05, 0) is 36.5 Å². The minimum Gasteiger partial charge on any atom is -0.484 e. The van der Waals surface area contributed by atoms with Gasteiger partial charge in [0.15, 0.2) is 22.8 Å². The minimum absolute atomic E-state index is 0.0166. The fraction of sp³-hybridized carbons (Fsp3) is 0.294. The summed E-state index contributed by atoms with van der Waals surface area (Å²) in [6.45, 7) is 2.32. The molecule has 1 aliphatic rings. The van der Waals surface area contributed by atoms with Gasteiger partial charge in [-0.25, -0.2) is 0 Å². The molecule has 2 aromatic heterocycles. The van der Waals surface area contributed by atoms with Crippen molar-refractivity contribution in [2.75, 3.05) is 43.4 Å². The molecule has 0 bridgehead atoms. The molecule has 1 saturated heterocycles. The lowest BCUT2D eigenvalue weighted by molar-refractivity contribution is -0.133. The number of imidazole rings is 1. The van der Waals surface area contributed by atoms with Crippen molar-refractivity contribution >= 4 is 52.7 Å². The number of aromatic amines is 2. The lowest BCUT2D eigenvalue weighted by Gasteiger charge is -2.35. The number of piperazine rings is 1. The third-order valence-electron chi connectivity index (χ3n) is 4.49. The molecule has 4 N–H and O–H groups in total. The van der Waals surface area contributed by atoms with Gasteiger partial charge >= 0.3 is 0 Å². The molecule has 28 heavy (non-hydrogen) atoms. The van der Waals surface area contributed by atoms with Gasteiger partial charge in [-0.2, -0.15) is 9.97 Å². The van der Waals surface area contributed by atoms with E-state index in [1.807, 2.05) is 0 Å². The third kappa shape index (κ3) is 3.87. The van der Waals surface area contributed by atoms with Gasteiger partial charge < -0.3 is 30.2 Å². The SMILES string of the molecule is Nc1nc(N2CCN(C(=O)COc3ccc(Cl)cc3)CC2)c2[nH]c(=S)[nH]c2n1. The summed E-state index contributed by atoms with van der Waals surface area (Å²) >= 11 is 11.0. The van der Waals surface area contributed by atoms with Crippen LogP contribution >= 0.6 is 23.8 Å². The van der Waals surface area contributed by atoms with Gasteiger partial charge in [-0.3, -0.25) is 4.79 Å². The molecule has 146 valence electrons. The highest BCUT2D eigenvalue weighted by atomic mass is 35.5. The Labute approximate surface area is 170 Å². The topological polar surface area (TPSA) is 116 Å². The number of anilines is 2. The number of carbonyl (C=O) groups is 1. The number of nitrogens with one attached hydrogen (secondary N) is 2. The van der Waals surface area contributed by atoms with Crippen LogP contribution in [0.4, 0.5) is 11.8 Å². The van der Waals surface area contributed by atoms with E-state index in [1.54, 1.807) is 29.2 Å². The molecule has 0 radical (unpaired) electrons. The molecule has 4 rings (SSSR count). The van der Waals surface area contributed by atoms with Gasteiger partial charge in [0.25, 0.3) is 5.91 Å². The Hall–Kier alpha value is -2.85. The first-order chi connectivity index (χ1) is 13.5. The number of rotatable bonds is 4. The van der Waals surface area contributed by atoms with Gasteiger partial charge in [0.1, 0.15) is 11.3 Å². The van der Waals surface area contributed by atoms with E-state index in [4.69, 9.17) is 34.3 Å². The fourth-order valence-corrected chi connectivity index (χ4v) is 3.41. The predicted molar refractivity (Wildman–Crippen MR) is 109 cm³/mol. The van der Waals surface area contributed by atoms with Crippen molar-refractivity contribution in [3.05, 3.63) is 34.1 Å². The molecule has 9 nitrogen and oxygen atoms in total.